The first-order chi connectivity index (χ1) is 9.55. The van der Waals surface area contributed by atoms with E-state index >= 15 is 0 Å². The van der Waals surface area contributed by atoms with Crippen molar-refractivity contribution in [3.8, 4) is 5.75 Å². The van der Waals surface area contributed by atoms with Crippen LogP contribution >= 0.6 is 15.9 Å². The Morgan fingerprint density at radius 2 is 2.15 bits per heavy atom. The van der Waals surface area contributed by atoms with Gasteiger partial charge in [0.15, 0.2) is 6.29 Å². The van der Waals surface area contributed by atoms with Crippen molar-refractivity contribution in [3.05, 3.63) is 39.5 Å². The third-order valence-electron chi connectivity index (χ3n) is 2.79. The van der Waals surface area contributed by atoms with Gasteiger partial charge in [0, 0.05) is 23.7 Å². The number of anilines is 2. The van der Waals surface area contributed by atoms with Gasteiger partial charge in [0.2, 0.25) is 5.95 Å². The number of nitrogen functional groups attached to an aromatic ring is 2. The topological polar surface area (TPSA) is 104 Å². The van der Waals surface area contributed by atoms with E-state index in [1.807, 2.05) is 6.07 Å². The van der Waals surface area contributed by atoms with Crippen molar-refractivity contribution < 1.29 is 9.53 Å². The lowest BCUT2D eigenvalue weighted by atomic mass is 10.0. The second kappa shape index (κ2) is 5.87. The Kier molecular flexibility index (Phi) is 4.19. The highest BCUT2D eigenvalue weighted by molar-refractivity contribution is 9.10. The van der Waals surface area contributed by atoms with E-state index in [1.165, 1.54) is 0 Å². The summed E-state index contributed by atoms with van der Waals surface area (Å²) in [5.41, 5.74) is 13.4. The highest BCUT2D eigenvalue weighted by Gasteiger charge is 2.11. The van der Waals surface area contributed by atoms with Crippen molar-refractivity contribution in [1.82, 2.24) is 9.97 Å². The van der Waals surface area contributed by atoms with Crippen LogP contribution in [0, 0.1) is 0 Å². The van der Waals surface area contributed by atoms with Crippen molar-refractivity contribution in [2.75, 3.05) is 18.6 Å². The summed E-state index contributed by atoms with van der Waals surface area (Å²) in [5.74, 6) is 1.04. The van der Waals surface area contributed by atoms with E-state index in [-0.39, 0.29) is 5.95 Å². The fraction of sp³-hybridized carbons (Fsp3) is 0.154. The van der Waals surface area contributed by atoms with E-state index in [0.29, 0.717) is 28.0 Å². The van der Waals surface area contributed by atoms with Crippen LogP contribution in [0.1, 0.15) is 21.5 Å². The quantitative estimate of drug-likeness (QED) is 0.825. The predicted octanol–water partition coefficient (Wildman–Crippen LogP) is 1.82. The maximum atomic E-state index is 11.1. The molecular formula is C13H13BrN4O2. The number of carbonyl (C=O) groups is 1. The molecule has 0 bridgehead atoms. The van der Waals surface area contributed by atoms with Crippen LogP contribution in [-0.2, 0) is 6.42 Å². The molecule has 0 amide bonds. The summed E-state index contributed by atoms with van der Waals surface area (Å²) in [7, 11) is 1.54. The van der Waals surface area contributed by atoms with Gasteiger partial charge in [0.25, 0.3) is 0 Å². The van der Waals surface area contributed by atoms with E-state index < -0.39 is 0 Å². The first-order valence-corrected chi connectivity index (χ1v) is 6.53. The molecule has 104 valence electrons. The summed E-state index contributed by atoms with van der Waals surface area (Å²) >= 11 is 3.32. The lowest BCUT2D eigenvalue weighted by molar-refractivity contribution is 0.112. The smallest absolute Gasteiger partial charge is 0.221 e. The van der Waals surface area contributed by atoms with Gasteiger partial charge < -0.3 is 16.2 Å². The molecule has 0 aliphatic rings. The van der Waals surface area contributed by atoms with Gasteiger partial charge in [-0.15, -0.1) is 0 Å². The molecule has 2 rings (SSSR count). The molecule has 0 radical (unpaired) electrons. The van der Waals surface area contributed by atoms with Crippen LogP contribution in [0.25, 0.3) is 0 Å². The lowest BCUT2D eigenvalue weighted by Crippen LogP contribution is -2.04. The molecule has 0 atom stereocenters. The number of hydrogen-bond acceptors (Lipinski definition) is 6. The normalized spacial score (nSPS) is 10.3. The van der Waals surface area contributed by atoms with Crippen molar-refractivity contribution in [3.63, 3.8) is 0 Å². The van der Waals surface area contributed by atoms with E-state index in [9.17, 15) is 4.79 Å². The maximum Gasteiger partial charge on any atom is 0.221 e. The number of aromatic nitrogens is 2. The minimum absolute atomic E-state index is 0.133. The van der Waals surface area contributed by atoms with Crippen molar-refractivity contribution in [1.29, 1.82) is 0 Å². The molecule has 4 N–H and O–H groups in total. The van der Waals surface area contributed by atoms with Crippen LogP contribution in [0.3, 0.4) is 0 Å². The van der Waals surface area contributed by atoms with Crippen molar-refractivity contribution >= 4 is 34.0 Å². The molecule has 1 heterocycles. The number of halogens is 1. The number of aldehydes is 1. The van der Waals surface area contributed by atoms with Gasteiger partial charge in [-0.2, -0.15) is 4.98 Å². The Bertz CT molecular complexity index is 661. The fourth-order valence-corrected chi connectivity index (χ4v) is 2.29. The standard InChI is InChI=1S/C13H13BrN4O2/c1-20-10-4-7(3-9(6-19)11(10)14)2-8-5-17-13(16)18-12(8)15/h3-6H,2H2,1H3,(H4,15,16,17,18). The summed E-state index contributed by atoms with van der Waals surface area (Å²) in [4.78, 5) is 18.9. The van der Waals surface area contributed by atoms with E-state index in [0.717, 1.165) is 17.4 Å². The zero-order valence-electron chi connectivity index (χ0n) is 10.8. The van der Waals surface area contributed by atoms with Crippen LogP contribution in [-0.4, -0.2) is 23.4 Å². The predicted molar refractivity (Wildman–Crippen MR) is 79.7 cm³/mol. The van der Waals surface area contributed by atoms with Gasteiger partial charge in [0.05, 0.1) is 11.6 Å². The van der Waals surface area contributed by atoms with Crippen molar-refractivity contribution in [2.24, 2.45) is 0 Å². The van der Waals surface area contributed by atoms with Gasteiger partial charge >= 0.3 is 0 Å². The first-order valence-electron chi connectivity index (χ1n) is 5.73. The van der Waals surface area contributed by atoms with E-state index in [1.54, 1.807) is 19.4 Å². The molecule has 0 aliphatic heterocycles. The second-order valence-corrected chi connectivity index (χ2v) is 4.93. The molecule has 0 unspecified atom stereocenters. The van der Waals surface area contributed by atoms with E-state index in [4.69, 9.17) is 16.2 Å². The van der Waals surface area contributed by atoms with Gasteiger partial charge in [-0.25, -0.2) is 4.98 Å². The Morgan fingerprint density at radius 3 is 2.75 bits per heavy atom. The zero-order chi connectivity index (χ0) is 14.7. The molecule has 6 nitrogen and oxygen atoms in total. The van der Waals surface area contributed by atoms with Crippen molar-refractivity contribution in [2.45, 2.75) is 6.42 Å². The highest BCUT2D eigenvalue weighted by atomic mass is 79.9. The molecule has 2 aromatic rings. The van der Waals surface area contributed by atoms with Gasteiger partial charge in [0.1, 0.15) is 11.6 Å². The van der Waals surface area contributed by atoms with Gasteiger partial charge in [-0.3, -0.25) is 4.79 Å². The van der Waals surface area contributed by atoms with E-state index in [2.05, 4.69) is 25.9 Å². The number of carbonyl (C=O) groups excluding carboxylic acids is 1. The average Bonchev–Trinajstić information content (AvgIpc) is 2.43. The molecule has 0 saturated carbocycles. The van der Waals surface area contributed by atoms with Gasteiger partial charge in [-0.05, 0) is 33.6 Å². The summed E-state index contributed by atoms with van der Waals surface area (Å²) < 4.78 is 5.85. The SMILES string of the molecule is COc1cc(Cc2cnc(N)nc2N)cc(C=O)c1Br. The Labute approximate surface area is 124 Å². The minimum Gasteiger partial charge on any atom is -0.496 e. The Hall–Kier alpha value is -2.15. The molecule has 7 heteroatoms. The molecule has 1 aromatic heterocycles. The number of nitrogens with two attached hydrogens (primary N) is 2. The van der Waals surface area contributed by atoms with Crippen LogP contribution in [0.5, 0.6) is 5.75 Å². The largest absolute Gasteiger partial charge is 0.496 e. The first kappa shape index (κ1) is 14.3. The average molecular weight is 337 g/mol. The monoisotopic (exact) mass is 336 g/mol. The number of rotatable bonds is 4. The molecular weight excluding hydrogens is 324 g/mol. The van der Waals surface area contributed by atoms with Crippen LogP contribution in [0.4, 0.5) is 11.8 Å². The maximum absolute atomic E-state index is 11.1. The number of nitrogens with zero attached hydrogens (tertiary/aromatic N) is 2. The third kappa shape index (κ3) is 2.88. The molecule has 0 spiro atoms. The van der Waals surface area contributed by atoms with Gasteiger partial charge in [-0.1, -0.05) is 0 Å². The number of benzene rings is 1. The summed E-state index contributed by atoms with van der Waals surface area (Å²) in [6.07, 6.45) is 2.82. The zero-order valence-corrected chi connectivity index (χ0v) is 12.3. The van der Waals surface area contributed by atoms with Crippen LogP contribution in [0.2, 0.25) is 0 Å². The number of hydrogen-bond donors (Lipinski definition) is 2. The van der Waals surface area contributed by atoms with Crippen LogP contribution < -0.4 is 16.2 Å². The molecule has 1 aromatic carbocycles. The van der Waals surface area contributed by atoms with Crippen LogP contribution in [0.15, 0.2) is 22.8 Å². The highest BCUT2D eigenvalue weighted by Crippen LogP contribution is 2.30. The Morgan fingerprint density at radius 1 is 1.40 bits per heavy atom. The lowest BCUT2D eigenvalue weighted by Gasteiger charge is -2.10. The molecule has 20 heavy (non-hydrogen) atoms. The number of ether oxygens (including phenoxy) is 1. The Balaban J connectivity index is 2.40. The molecule has 0 fully saturated rings. The summed E-state index contributed by atoms with van der Waals surface area (Å²) in [6.45, 7) is 0. The number of methoxy groups -OCH3 is 1. The molecule has 0 aliphatic carbocycles. The second-order valence-electron chi connectivity index (χ2n) is 4.13. The molecule has 0 saturated heterocycles. The third-order valence-corrected chi connectivity index (χ3v) is 3.63. The fourth-order valence-electron chi connectivity index (χ4n) is 1.81. The minimum atomic E-state index is 0.133. The summed E-state index contributed by atoms with van der Waals surface area (Å²) in [6, 6.07) is 3.59. The summed E-state index contributed by atoms with van der Waals surface area (Å²) in [5, 5.41) is 0.